The van der Waals surface area contributed by atoms with Gasteiger partial charge in [0, 0.05) is 11.1 Å². The molecule has 0 fully saturated rings. The number of nitriles is 1. The minimum Gasteiger partial charge on any atom is -0.207 e. The number of hydrogen-bond acceptors (Lipinski definition) is 3. The molecule has 0 unspecified atom stereocenters. The highest BCUT2D eigenvalue weighted by Gasteiger charge is 2.18. The Morgan fingerprint density at radius 2 is 1.90 bits per heavy atom. The smallest absolute Gasteiger partial charge is 0.207 e. The zero-order valence-corrected chi connectivity index (χ0v) is 12.8. The highest BCUT2D eigenvalue weighted by atomic mass is 35.5. The van der Waals surface area contributed by atoms with Crippen molar-refractivity contribution in [2.24, 2.45) is 0 Å². The Labute approximate surface area is 129 Å². The van der Waals surface area contributed by atoms with Crippen molar-refractivity contribution in [1.82, 2.24) is 4.72 Å². The highest BCUT2D eigenvalue weighted by molar-refractivity contribution is 7.89. The molecule has 2 rings (SSSR count). The minimum absolute atomic E-state index is 0.0652. The van der Waals surface area contributed by atoms with E-state index in [4.69, 9.17) is 16.9 Å². The number of halogens is 1. The summed E-state index contributed by atoms with van der Waals surface area (Å²) >= 11 is 5.90. The lowest BCUT2D eigenvalue weighted by molar-refractivity contribution is 0.567. The first-order valence-electron chi connectivity index (χ1n) is 6.20. The summed E-state index contributed by atoms with van der Waals surface area (Å²) in [6.07, 6.45) is 0. The van der Waals surface area contributed by atoms with Gasteiger partial charge < -0.3 is 0 Å². The molecule has 2 aromatic carbocycles. The highest BCUT2D eigenvalue weighted by Crippen LogP contribution is 2.20. The zero-order valence-electron chi connectivity index (χ0n) is 11.2. The predicted octanol–water partition coefficient (Wildman–Crippen LogP) is 3.25. The molecule has 0 spiro atoms. The van der Waals surface area contributed by atoms with Crippen LogP contribution in [-0.2, 0) is 10.0 Å². The largest absolute Gasteiger partial charge is 0.241 e. The Morgan fingerprint density at radius 1 is 1.19 bits per heavy atom. The average Bonchev–Trinajstić information content (AvgIpc) is 2.47. The molecule has 0 amide bonds. The van der Waals surface area contributed by atoms with Crippen LogP contribution in [0.5, 0.6) is 0 Å². The number of hydrogen-bond donors (Lipinski definition) is 1. The van der Waals surface area contributed by atoms with Crippen LogP contribution < -0.4 is 4.72 Å². The van der Waals surface area contributed by atoms with Crippen LogP contribution in [0.3, 0.4) is 0 Å². The SMILES string of the molecule is C[C@H](NS(=O)(=O)c1cccc(C#N)c1)c1cccc(Cl)c1. The average molecular weight is 321 g/mol. The van der Waals surface area contributed by atoms with Gasteiger partial charge in [-0.3, -0.25) is 0 Å². The summed E-state index contributed by atoms with van der Waals surface area (Å²) in [5.74, 6) is 0. The van der Waals surface area contributed by atoms with Gasteiger partial charge in [-0.05, 0) is 42.8 Å². The van der Waals surface area contributed by atoms with Crippen molar-refractivity contribution in [3.8, 4) is 6.07 Å². The van der Waals surface area contributed by atoms with Crippen molar-refractivity contribution in [2.45, 2.75) is 17.9 Å². The molecule has 108 valence electrons. The van der Waals surface area contributed by atoms with Gasteiger partial charge in [0.2, 0.25) is 10.0 Å². The van der Waals surface area contributed by atoms with Crippen molar-refractivity contribution < 1.29 is 8.42 Å². The molecule has 4 nitrogen and oxygen atoms in total. The molecule has 1 atom stereocenters. The normalized spacial score (nSPS) is 12.6. The molecule has 0 bridgehead atoms. The van der Waals surface area contributed by atoms with Gasteiger partial charge in [0.05, 0.1) is 16.5 Å². The van der Waals surface area contributed by atoms with E-state index in [1.807, 2.05) is 6.07 Å². The third-order valence-corrected chi connectivity index (χ3v) is 4.73. The molecule has 2 aromatic rings. The van der Waals surface area contributed by atoms with E-state index in [9.17, 15) is 8.42 Å². The second-order valence-electron chi connectivity index (χ2n) is 4.54. The quantitative estimate of drug-likeness (QED) is 0.940. The molecule has 21 heavy (non-hydrogen) atoms. The standard InChI is InChI=1S/C15H13ClN2O2S/c1-11(13-5-3-6-14(16)9-13)18-21(19,20)15-7-2-4-12(8-15)10-17/h2-9,11,18H,1H3/t11-/m0/s1. The first-order valence-corrected chi connectivity index (χ1v) is 8.06. The van der Waals surface area contributed by atoms with Crippen LogP contribution in [0.1, 0.15) is 24.1 Å². The Balaban J connectivity index is 2.27. The van der Waals surface area contributed by atoms with E-state index in [1.54, 1.807) is 37.3 Å². The van der Waals surface area contributed by atoms with Crippen LogP contribution in [0.25, 0.3) is 0 Å². The van der Waals surface area contributed by atoms with E-state index in [1.165, 1.54) is 18.2 Å². The van der Waals surface area contributed by atoms with Crippen LogP contribution in [-0.4, -0.2) is 8.42 Å². The van der Waals surface area contributed by atoms with Crippen LogP contribution in [0.2, 0.25) is 5.02 Å². The molecule has 6 heteroatoms. The molecule has 0 aliphatic rings. The maximum atomic E-state index is 12.3. The molecular weight excluding hydrogens is 308 g/mol. The third kappa shape index (κ3) is 3.82. The zero-order chi connectivity index (χ0) is 15.5. The Kier molecular flexibility index (Phi) is 4.63. The lowest BCUT2D eigenvalue weighted by Crippen LogP contribution is -2.26. The molecule has 0 heterocycles. The van der Waals surface area contributed by atoms with Gasteiger partial charge in [0.15, 0.2) is 0 Å². The van der Waals surface area contributed by atoms with Gasteiger partial charge in [-0.2, -0.15) is 5.26 Å². The van der Waals surface area contributed by atoms with Crippen LogP contribution in [0.4, 0.5) is 0 Å². The summed E-state index contributed by atoms with van der Waals surface area (Å²) in [5, 5.41) is 9.38. The van der Waals surface area contributed by atoms with Crippen LogP contribution >= 0.6 is 11.6 Å². The lowest BCUT2D eigenvalue weighted by Gasteiger charge is -2.15. The third-order valence-electron chi connectivity index (χ3n) is 2.95. The molecular formula is C15H13ClN2O2S. The Morgan fingerprint density at radius 3 is 2.57 bits per heavy atom. The molecule has 0 radical (unpaired) electrons. The maximum absolute atomic E-state index is 12.3. The molecule has 0 aliphatic carbocycles. The van der Waals surface area contributed by atoms with E-state index in [0.29, 0.717) is 10.6 Å². The topological polar surface area (TPSA) is 70.0 Å². The molecule has 0 aliphatic heterocycles. The van der Waals surface area contributed by atoms with Crippen LogP contribution in [0, 0.1) is 11.3 Å². The summed E-state index contributed by atoms with van der Waals surface area (Å²) < 4.78 is 27.2. The first kappa shape index (κ1) is 15.5. The fourth-order valence-electron chi connectivity index (χ4n) is 1.88. The van der Waals surface area contributed by atoms with Gasteiger partial charge >= 0.3 is 0 Å². The van der Waals surface area contributed by atoms with E-state index >= 15 is 0 Å². The fraction of sp³-hybridized carbons (Fsp3) is 0.133. The van der Waals surface area contributed by atoms with Crippen molar-refractivity contribution >= 4 is 21.6 Å². The summed E-state index contributed by atoms with van der Waals surface area (Å²) in [7, 11) is -3.70. The van der Waals surface area contributed by atoms with E-state index in [0.717, 1.165) is 5.56 Å². The van der Waals surface area contributed by atoms with Crippen molar-refractivity contribution in [3.63, 3.8) is 0 Å². The number of rotatable bonds is 4. The molecule has 0 saturated carbocycles. The predicted molar refractivity (Wildman–Crippen MR) is 81.3 cm³/mol. The molecule has 1 N–H and O–H groups in total. The van der Waals surface area contributed by atoms with E-state index in [2.05, 4.69) is 4.72 Å². The van der Waals surface area contributed by atoms with Crippen molar-refractivity contribution in [3.05, 3.63) is 64.7 Å². The number of nitrogens with one attached hydrogen (secondary N) is 1. The number of benzene rings is 2. The van der Waals surface area contributed by atoms with E-state index < -0.39 is 16.1 Å². The van der Waals surface area contributed by atoms with Gasteiger partial charge in [0.25, 0.3) is 0 Å². The summed E-state index contributed by atoms with van der Waals surface area (Å²) in [5.41, 5.74) is 1.07. The second kappa shape index (κ2) is 6.27. The first-order chi connectivity index (χ1) is 9.92. The Hall–Kier alpha value is -1.87. The lowest BCUT2D eigenvalue weighted by atomic mass is 10.1. The van der Waals surface area contributed by atoms with Crippen molar-refractivity contribution in [1.29, 1.82) is 5.26 Å². The fourth-order valence-corrected chi connectivity index (χ4v) is 3.35. The van der Waals surface area contributed by atoms with Gasteiger partial charge in [-0.15, -0.1) is 0 Å². The van der Waals surface area contributed by atoms with Gasteiger partial charge in [0.1, 0.15) is 0 Å². The summed E-state index contributed by atoms with van der Waals surface area (Å²) in [6.45, 7) is 1.73. The molecule has 0 aromatic heterocycles. The Bertz CT molecular complexity index is 797. The number of nitrogens with zero attached hydrogens (tertiary/aromatic N) is 1. The summed E-state index contributed by atoms with van der Waals surface area (Å²) in [6, 6.07) is 14.4. The number of sulfonamides is 1. The maximum Gasteiger partial charge on any atom is 0.241 e. The van der Waals surface area contributed by atoms with Gasteiger partial charge in [-0.25, -0.2) is 13.1 Å². The summed E-state index contributed by atoms with van der Waals surface area (Å²) in [4.78, 5) is 0.0652. The van der Waals surface area contributed by atoms with Gasteiger partial charge in [-0.1, -0.05) is 29.8 Å². The monoisotopic (exact) mass is 320 g/mol. The van der Waals surface area contributed by atoms with E-state index in [-0.39, 0.29) is 4.90 Å². The van der Waals surface area contributed by atoms with Crippen molar-refractivity contribution in [2.75, 3.05) is 0 Å². The second-order valence-corrected chi connectivity index (χ2v) is 6.69. The minimum atomic E-state index is -3.70. The van der Waals surface area contributed by atoms with Crippen LogP contribution in [0.15, 0.2) is 53.4 Å². The molecule has 0 saturated heterocycles.